The minimum Gasteiger partial charge on any atom is -0.312 e. The molecule has 1 unspecified atom stereocenters. The first-order valence-electron chi connectivity index (χ1n) is 5.90. The number of nitrogens with zero attached hydrogens (tertiary/aromatic N) is 2. The molecule has 0 saturated carbocycles. The van der Waals surface area contributed by atoms with Crippen molar-refractivity contribution in [3.8, 4) is 11.8 Å². The molecule has 0 aliphatic carbocycles. The van der Waals surface area contributed by atoms with Gasteiger partial charge in [0, 0.05) is 17.9 Å². The van der Waals surface area contributed by atoms with Crippen LogP contribution < -0.4 is 5.32 Å². The van der Waals surface area contributed by atoms with Crippen molar-refractivity contribution in [1.29, 1.82) is 0 Å². The van der Waals surface area contributed by atoms with Crippen LogP contribution in [-0.2, 0) is 5.41 Å². The highest BCUT2D eigenvalue weighted by Gasteiger charge is 2.26. The van der Waals surface area contributed by atoms with Crippen LogP contribution in [0.3, 0.4) is 0 Å². The zero-order valence-electron chi connectivity index (χ0n) is 11.3. The van der Waals surface area contributed by atoms with Crippen LogP contribution in [0.4, 0.5) is 0 Å². The number of hydrogen-bond donors (Lipinski definition) is 1. The Bertz CT molecular complexity index is 406. The molecule has 0 amide bonds. The molecule has 0 fully saturated rings. The van der Waals surface area contributed by atoms with Gasteiger partial charge in [0.2, 0.25) is 0 Å². The number of aromatic nitrogens is 2. The topological polar surface area (TPSA) is 37.8 Å². The summed E-state index contributed by atoms with van der Waals surface area (Å²) in [6, 6.07) is 0.310. The van der Waals surface area contributed by atoms with E-state index in [0.29, 0.717) is 6.04 Å². The zero-order chi connectivity index (χ0) is 12.9. The largest absolute Gasteiger partial charge is 0.312 e. The molecule has 1 atom stereocenters. The van der Waals surface area contributed by atoms with Crippen LogP contribution in [-0.4, -0.2) is 16.6 Å². The van der Waals surface area contributed by atoms with Crippen LogP contribution in [0.25, 0.3) is 0 Å². The van der Waals surface area contributed by atoms with Crippen LogP contribution in [0.5, 0.6) is 0 Å². The number of hydrogen-bond acceptors (Lipinski definition) is 4. The van der Waals surface area contributed by atoms with Crippen molar-refractivity contribution in [2.45, 2.75) is 52.0 Å². The summed E-state index contributed by atoms with van der Waals surface area (Å²) in [4.78, 5) is 1.25. The second kappa shape index (κ2) is 6.13. The van der Waals surface area contributed by atoms with Crippen LogP contribution in [0.2, 0.25) is 0 Å². The van der Waals surface area contributed by atoms with Gasteiger partial charge in [0.25, 0.3) is 0 Å². The van der Waals surface area contributed by atoms with Gasteiger partial charge in [-0.3, -0.25) is 0 Å². The monoisotopic (exact) mass is 251 g/mol. The molecule has 94 valence electrons. The summed E-state index contributed by atoms with van der Waals surface area (Å²) in [7, 11) is 1.98. The second-order valence-corrected chi connectivity index (χ2v) is 5.83. The van der Waals surface area contributed by atoms with Crippen molar-refractivity contribution in [2.75, 3.05) is 7.05 Å². The van der Waals surface area contributed by atoms with Gasteiger partial charge >= 0.3 is 0 Å². The maximum absolute atomic E-state index is 4.28. The van der Waals surface area contributed by atoms with Crippen LogP contribution in [0.15, 0.2) is 0 Å². The van der Waals surface area contributed by atoms with Gasteiger partial charge in [0.1, 0.15) is 0 Å². The van der Waals surface area contributed by atoms with E-state index in [1.165, 1.54) is 16.4 Å². The molecule has 1 aromatic rings. The summed E-state index contributed by atoms with van der Waals surface area (Å²) in [6.07, 6.45) is 1.91. The van der Waals surface area contributed by atoms with E-state index in [1.54, 1.807) is 0 Å². The molecule has 1 rings (SSSR count). The van der Waals surface area contributed by atoms with Crippen molar-refractivity contribution >= 4 is 11.5 Å². The van der Waals surface area contributed by atoms with Crippen molar-refractivity contribution < 1.29 is 0 Å². The van der Waals surface area contributed by atoms with Crippen LogP contribution in [0.1, 0.15) is 57.1 Å². The van der Waals surface area contributed by atoms with E-state index in [0.717, 1.165) is 18.5 Å². The predicted molar refractivity (Wildman–Crippen MR) is 73.1 cm³/mol. The lowest BCUT2D eigenvalue weighted by Crippen LogP contribution is -2.21. The highest BCUT2D eigenvalue weighted by atomic mass is 32.1. The fourth-order valence-electron chi connectivity index (χ4n) is 1.69. The minimum atomic E-state index is 0.0495. The van der Waals surface area contributed by atoms with Gasteiger partial charge in [-0.25, -0.2) is 0 Å². The predicted octanol–water partition coefficient (Wildman–Crippen LogP) is 2.90. The van der Waals surface area contributed by atoms with E-state index in [2.05, 4.69) is 47.5 Å². The molecule has 0 saturated heterocycles. The van der Waals surface area contributed by atoms with E-state index in [1.807, 2.05) is 14.0 Å². The highest BCUT2D eigenvalue weighted by Crippen LogP contribution is 2.31. The third kappa shape index (κ3) is 3.79. The molecule has 1 aromatic heterocycles. The fourth-order valence-corrected chi connectivity index (χ4v) is 2.70. The minimum absolute atomic E-state index is 0.0495. The summed E-state index contributed by atoms with van der Waals surface area (Å²) < 4.78 is 4.10. The molecule has 0 spiro atoms. The Morgan fingerprint density at radius 2 is 2.12 bits per heavy atom. The third-order valence-electron chi connectivity index (χ3n) is 2.62. The summed E-state index contributed by atoms with van der Waals surface area (Å²) in [5, 5.41) is 7.62. The quantitative estimate of drug-likeness (QED) is 0.836. The van der Waals surface area contributed by atoms with Gasteiger partial charge in [-0.05, 0) is 31.9 Å². The molecule has 4 heteroatoms. The molecule has 3 nitrogen and oxygen atoms in total. The molecule has 0 bridgehead atoms. The second-order valence-electron chi connectivity index (χ2n) is 5.04. The van der Waals surface area contributed by atoms with Crippen LogP contribution in [0, 0.1) is 11.8 Å². The van der Waals surface area contributed by atoms with Gasteiger partial charge in [0.05, 0.1) is 10.6 Å². The van der Waals surface area contributed by atoms with E-state index >= 15 is 0 Å². The fraction of sp³-hybridized carbons (Fsp3) is 0.692. The van der Waals surface area contributed by atoms with Gasteiger partial charge in [-0.15, -0.1) is 16.9 Å². The smallest absolute Gasteiger partial charge is 0.0857 e. The average molecular weight is 251 g/mol. The molecular formula is C13H21N3S. The molecule has 0 radical (unpaired) electrons. The Labute approximate surface area is 108 Å². The lowest BCUT2D eigenvalue weighted by molar-refractivity contribution is 0.518. The van der Waals surface area contributed by atoms with Gasteiger partial charge in [0.15, 0.2) is 0 Å². The van der Waals surface area contributed by atoms with Gasteiger partial charge in [-0.2, -0.15) is 0 Å². The zero-order valence-corrected chi connectivity index (χ0v) is 12.1. The lowest BCUT2D eigenvalue weighted by atomic mass is 9.89. The maximum Gasteiger partial charge on any atom is 0.0857 e. The lowest BCUT2D eigenvalue weighted by Gasteiger charge is -2.21. The van der Waals surface area contributed by atoms with E-state index in [9.17, 15) is 0 Å². The Hall–Kier alpha value is -0.920. The van der Waals surface area contributed by atoms with Crippen molar-refractivity contribution in [3.63, 3.8) is 0 Å². The van der Waals surface area contributed by atoms with Crippen LogP contribution >= 0.6 is 11.5 Å². The highest BCUT2D eigenvalue weighted by molar-refractivity contribution is 7.05. The summed E-state index contributed by atoms with van der Waals surface area (Å²) >= 11 is 1.50. The van der Waals surface area contributed by atoms with Crippen molar-refractivity contribution in [3.05, 3.63) is 10.6 Å². The third-order valence-corrected chi connectivity index (χ3v) is 3.46. The Morgan fingerprint density at radius 3 is 2.65 bits per heavy atom. The molecule has 1 heterocycles. The Balaban J connectivity index is 2.87. The van der Waals surface area contributed by atoms with E-state index in [-0.39, 0.29) is 5.41 Å². The SMILES string of the molecule is CC#CCCC(NC)c1snnc1C(C)(C)C. The van der Waals surface area contributed by atoms with Gasteiger partial charge in [-0.1, -0.05) is 25.3 Å². The van der Waals surface area contributed by atoms with E-state index in [4.69, 9.17) is 0 Å². The molecule has 0 aromatic carbocycles. The van der Waals surface area contributed by atoms with Crippen molar-refractivity contribution in [1.82, 2.24) is 14.9 Å². The average Bonchev–Trinajstić information content (AvgIpc) is 2.73. The normalized spacial score (nSPS) is 13.0. The molecule has 0 aliphatic rings. The Morgan fingerprint density at radius 1 is 1.41 bits per heavy atom. The molecule has 0 aliphatic heterocycles. The first-order valence-corrected chi connectivity index (χ1v) is 6.67. The maximum atomic E-state index is 4.28. The summed E-state index contributed by atoms with van der Waals surface area (Å²) in [6.45, 7) is 8.40. The first kappa shape index (κ1) is 14.1. The number of nitrogens with one attached hydrogen (secondary N) is 1. The first-order chi connectivity index (χ1) is 8.00. The summed E-state index contributed by atoms with van der Waals surface area (Å²) in [5.41, 5.74) is 1.15. The summed E-state index contributed by atoms with van der Waals surface area (Å²) in [5.74, 6) is 6.04. The Kier molecular flexibility index (Phi) is 5.10. The molecule has 1 N–H and O–H groups in total. The standard InChI is InChI=1S/C13H21N3S/c1-6-7-8-9-10(14-5)11-12(13(2,3)4)15-16-17-11/h10,14H,8-9H2,1-5H3. The number of rotatable bonds is 4. The van der Waals surface area contributed by atoms with E-state index < -0.39 is 0 Å². The van der Waals surface area contributed by atoms with Gasteiger partial charge < -0.3 is 5.32 Å². The molecular weight excluding hydrogens is 230 g/mol. The van der Waals surface area contributed by atoms with Crippen molar-refractivity contribution in [2.24, 2.45) is 0 Å². The molecule has 17 heavy (non-hydrogen) atoms.